The van der Waals surface area contributed by atoms with E-state index < -0.39 is 6.04 Å². The third kappa shape index (κ3) is 5.89. The van der Waals surface area contributed by atoms with Gasteiger partial charge in [-0.15, -0.1) is 0 Å². The normalized spacial score (nSPS) is 20.5. The second kappa shape index (κ2) is 10.5. The molecule has 1 N–H and O–H groups in total. The summed E-state index contributed by atoms with van der Waals surface area (Å²) in [7, 11) is 0. The van der Waals surface area contributed by atoms with E-state index in [1.807, 2.05) is 41.4 Å². The Kier molecular flexibility index (Phi) is 7.27. The Hall–Kier alpha value is -2.77. The van der Waals surface area contributed by atoms with Gasteiger partial charge in [-0.2, -0.15) is 0 Å². The molecule has 2 saturated heterocycles. The van der Waals surface area contributed by atoms with Gasteiger partial charge in [-0.05, 0) is 30.0 Å². The van der Waals surface area contributed by atoms with Crippen molar-refractivity contribution >= 4 is 11.8 Å². The van der Waals surface area contributed by atoms with E-state index in [1.165, 1.54) is 0 Å². The maximum atomic E-state index is 13.0. The molecule has 0 unspecified atom stereocenters. The van der Waals surface area contributed by atoms with Gasteiger partial charge in [0.1, 0.15) is 0 Å². The molecule has 2 aromatic rings. The van der Waals surface area contributed by atoms with Crippen molar-refractivity contribution < 1.29 is 14.3 Å². The van der Waals surface area contributed by atoms with E-state index in [9.17, 15) is 9.59 Å². The third-order valence-electron chi connectivity index (χ3n) is 6.04. The maximum Gasteiger partial charge on any atom is 0.237 e. The van der Waals surface area contributed by atoms with E-state index in [2.05, 4.69) is 27.3 Å². The first kappa shape index (κ1) is 21.5. The van der Waals surface area contributed by atoms with Gasteiger partial charge in [0.2, 0.25) is 11.8 Å². The highest BCUT2D eigenvalue weighted by molar-refractivity contribution is 5.88. The van der Waals surface area contributed by atoms with Crippen molar-refractivity contribution in [2.45, 2.75) is 44.6 Å². The van der Waals surface area contributed by atoms with E-state index in [1.54, 1.807) is 6.20 Å². The Morgan fingerprint density at radius 1 is 1.06 bits per heavy atom. The van der Waals surface area contributed by atoms with Crippen molar-refractivity contribution in [2.24, 2.45) is 0 Å². The molecule has 1 atom stereocenters. The van der Waals surface area contributed by atoms with Crippen molar-refractivity contribution in [3.05, 3.63) is 66.0 Å². The molecule has 2 aliphatic heterocycles. The van der Waals surface area contributed by atoms with E-state index in [0.717, 1.165) is 30.5 Å². The Morgan fingerprint density at radius 2 is 1.84 bits per heavy atom. The number of nitrogens with zero attached hydrogens (tertiary/aromatic N) is 3. The molecule has 0 aliphatic carbocycles. The first-order chi connectivity index (χ1) is 15.2. The number of likely N-dealkylation sites (tertiary alicyclic amines) is 1. The molecule has 2 fully saturated rings. The standard InChI is InChI=1S/C24H30N4O3/c29-23(27-12-8-21(9-13-27)31-18-19-5-2-1-3-6-19)15-22-24(30)26-11-14-28(22)17-20-7-4-10-25-16-20/h1-7,10,16,21-22H,8-9,11-15,17-18H2,(H,26,30)/t22-/m0/s1. The molecule has 2 aliphatic rings. The molecule has 164 valence electrons. The number of nitrogens with one attached hydrogen (secondary N) is 1. The molecule has 31 heavy (non-hydrogen) atoms. The minimum Gasteiger partial charge on any atom is -0.373 e. The van der Waals surface area contributed by atoms with Gasteiger partial charge < -0.3 is 15.0 Å². The average molecular weight is 423 g/mol. The summed E-state index contributed by atoms with van der Waals surface area (Å²) >= 11 is 0. The Morgan fingerprint density at radius 3 is 2.58 bits per heavy atom. The number of hydrogen-bond donors (Lipinski definition) is 1. The largest absolute Gasteiger partial charge is 0.373 e. The number of carbonyl (C=O) groups is 2. The number of benzene rings is 1. The highest BCUT2D eigenvalue weighted by atomic mass is 16.5. The number of carbonyl (C=O) groups excluding carboxylic acids is 2. The van der Waals surface area contributed by atoms with Crippen LogP contribution in [0.15, 0.2) is 54.9 Å². The topological polar surface area (TPSA) is 74.8 Å². The first-order valence-electron chi connectivity index (χ1n) is 11.0. The van der Waals surface area contributed by atoms with Crippen LogP contribution in [0.2, 0.25) is 0 Å². The van der Waals surface area contributed by atoms with Crippen LogP contribution in [0.5, 0.6) is 0 Å². The van der Waals surface area contributed by atoms with E-state index in [-0.39, 0.29) is 24.3 Å². The molecule has 7 heteroatoms. The van der Waals surface area contributed by atoms with Crippen LogP contribution >= 0.6 is 0 Å². The SMILES string of the molecule is O=C1NCCN(Cc2cccnc2)[C@H]1CC(=O)N1CCC(OCc2ccccc2)CC1. The number of piperazine rings is 1. The summed E-state index contributed by atoms with van der Waals surface area (Å²) in [6, 6.07) is 13.6. The number of piperidine rings is 1. The quantitative estimate of drug-likeness (QED) is 0.739. The van der Waals surface area contributed by atoms with Crippen LogP contribution in [-0.4, -0.2) is 64.9 Å². The van der Waals surface area contributed by atoms with Crippen molar-refractivity contribution in [3.63, 3.8) is 0 Å². The van der Waals surface area contributed by atoms with Crippen molar-refractivity contribution in [1.82, 2.24) is 20.1 Å². The van der Waals surface area contributed by atoms with Crippen LogP contribution in [0, 0.1) is 0 Å². The van der Waals surface area contributed by atoms with Gasteiger partial charge in [-0.3, -0.25) is 19.5 Å². The summed E-state index contributed by atoms with van der Waals surface area (Å²) in [4.78, 5) is 33.6. The van der Waals surface area contributed by atoms with Gasteiger partial charge in [-0.1, -0.05) is 36.4 Å². The fraction of sp³-hybridized carbons (Fsp3) is 0.458. The number of pyridine rings is 1. The lowest BCUT2D eigenvalue weighted by Gasteiger charge is -2.37. The molecule has 0 saturated carbocycles. The summed E-state index contributed by atoms with van der Waals surface area (Å²) in [5.74, 6) is -0.0238. The van der Waals surface area contributed by atoms with Crippen LogP contribution in [0.4, 0.5) is 0 Å². The Balaban J connectivity index is 1.27. The van der Waals surface area contributed by atoms with Crippen LogP contribution in [0.1, 0.15) is 30.4 Å². The summed E-state index contributed by atoms with van der Waals surface area (Å²) in [5, 5.41) is 2.91. The number of hydrogen-bond acceptors (Lipinski definition) is 5. The highest BCUT2D eigenvalue weighted by Gasteiger charge is 2.34. The Bertz CT molecular complexity index is 854. The molecular weight excluding hydrogens is 392 g/mol. The maximum absolute atomic E-state index is 13.0. The minimum absolute atomic E-state index is 0.0414. The van der Waals surface area contributed by atoms with E-state index >= 15 is 0 Å². The van der Waals surface area contributed by atoms with Crippen LogP contribution < -0.4 is 5.32 Å². The highest BCUT2D eigenvalue weighted by Crippen LogP contribution is 2.19. The van der Waals surface area contributed by atoms with Gasteiger partial charge in [0.15, 0.2) is 0 Å². The Labute approximate surface area is 183 Å². The summed E-state index contributed by atoms with van der Waals surface area (Å²) in [5.41, 5.74) is 2.21. The molecular formula is C24H30N4O3. The lowest BCUT2D eigenvalue weighted by atomic mass is 10.0. The molecule has 3 heterocycles. The fourth-order valence-electron chi connectivity index (χ4n) is 4.25. The molecule has 7 nitrogen and oxygen atoms in total. The minimum atomic E-state index is -0.437. The predicted octanol–water partition coefficient (Wildman–Crippen LogP) is 1.98. The molecule has 0 spiro atoms. The summed E-state index contributed by atoms with van der Waals surface area (Å²) in [6.45, 7) is 3.91. The molecule has 0 bridgehead atoms. The van der Waals surface area contributed by atoms with Gasteiger partial charge in [-0.25, -0.2) is 0 Å². The van der Waals surface area contributed by atoms with Crippen molar-refractivity contribution in [1.29, 1.82) is 0 Å². The lowest BCUT2D eigenvalue weighted by Crippen LogP contribution is -2.56. The molecule has 2 amide bonds. The summed E-state index contributed by atoms with van der Waals surface area (Å²) in [6.07, 6.45) is 5.58. The van der Waals surface area contributed by atoms with E-state index in [4.69, 9.17) is 4.74 Å². The second-order valence-corrected chi connectivity index (χ2v) is 8.22. The molecule has 1 aromatic carbocycles. The molecule has 0 radical (unpaired) electrons. The predicted molar refractivity (Wildman–Crippen MR) is 117 cm³/mol. The molecule has 4 rings (SSSR count). The van der Waals surface area contributed by atoms with Gasteiger partial charge >= 0.3 is 0 Å². The van der Waals surface area contributed by atoms with Crippen LogP contribution in [0.25, 0.3) is 0 Å². The second-order valence-electron chi connectivity index (χ2n) is 8.22. The van der Waals surface area contributed by atoms with Gasteiger partial charge in [0, 0.05) is 45.1 Å². The van der Waals surface area contributed by atoms with Crippen molar-refractivity contribution in [2.75, 3.05) is 26.2 Å². The van der Waals surface area contributed by atoms with Gasteiger partial charge in [0.25, 0.3) is 0 Å². The van der Waals surface area contributed by atoms with Crippen LogP contribution in [0.3, 0.4) is 0 Å². The number of ether oxygens (including phenoxy) is 1. The first-order valence-corrected chi connectivity index (χ1v) is 11.0. The third-order valence-corrected chi connectivity index (χ3v) is 6.04. The number of amides is 2. The zero-order chi connectivity index (χ0) is 21.5. The lowest BCUT2D eigenvalue weighted by molar-refractivity contribution is -0.140. The zero-order valence-corrected chi connectivity index (χ0v) is 17.8. The summed E-state index contributed by atoms with van der Waals surface area (Å²) < 4.78 is 6.03. The smallest absolute Gasteiger partial charge is 0.237 e. The number of rotatable bonds is 7. The fourth-order valence-corrected chi connectivity index (χ4v) is 4.25. The average Bonchev–Trinajstić information content (AvgIpc) is 2.81. The zero-order valence-electron chi connectivity index (χ0n) is 17.8. The monoisotopic (exact) mass is 422 g/mol. The van der Waals surface area contributed by atoms with Gasteiger partial charge in [0.05, 0.1) is 25.2 Å². The van der Waals surface area contributed by atoms with Crippen molar-refractivity contribution in [3.8, 4) is 0 Å². The van der Waals surface area contributed by atoms with Crippen LogP contribution in [-0.2, 0) is 27.5 Å². The number of aromatic nitrogens is 1. The van der Waals surface area contributed by atoms with E-state index in [0.29, 0.717) is 32.8 Å². The molecule has 1 aromatic heterocycles.